The highest BCUT2D eigenvalue weighted by atomic mass is 35.5. The number of unbranched alkanes of at least 4 members (excludes halogenated alkanes) is 1. The number of ether oxygens (including phenoxy) is 1. The Balaban J connectivity index is 2.81. The summed E-state index contributed by atoms with van der Waals surface area (Å²) in [6, 6.07) is 2.73. The van der Waals surface area contributed by atoms with Crippen LogP contribution in [0.4, 0.5) is 10.1 Å². The van der Waals surface area contributed by atoms with Crippen molar-refractivity contribution in [3.05, 3.63) is 28.5 Å². The first kappa shape index (κ1) is 20.8. The minimum atomic E-state index is -0.557. The van der Waals surface area contributed by atoms with Gasteiger partial charge in [-0.05, 0) is 42.8 Å². The maximum absolute atomic E-state index is 14.1. The van der Waals surface area contributed by atoms with E-state index < -0.39 is 5.82 Å². The molecule has 0 saturated carbocycles. The van der Waals surface area contributed by atoms with Gasteiger partial charge in [0.2, 0.25) is 5.91 Å². The molecule has 0 spiro atoms. The minimum absolute atomic E-state index is 0.124. The van der Waals surface area contributed by atoms with Gasteiger partial charge < -0.3 is 10.1 Å². The molecule has 1 aromatic rings. The van der Waals surface area contributed by atoms with E-state index in [0.717, 1.165) is 25.7 Å². The minimum Gasteiger partial charge on any atom is -0.487 e. The lowest BCUT2D eigenvalue weighted by atomic mass is 10.0. The van der Waals surface area contributed by atoms with Crippen LogP contribution < -0.4 is 5.32 Å². The Morgan fingerprint density at radius 2 is 2.08 bits per heavy atom. The van der Waals surface area contributed by atoms with Crippen molar-refractivity contribution in [1.29, 1.82) is 0 Å². The predicted molar refractivity (Wildman–Crippen MR) is 101 cm³/mol. The van der Waals surface area contributed by atoms with Gasteiger partial charge in [-0.2, -0.15) is 0 Å². The summed E-state index contributed by atoms with van der Waals surface area (Å²) in [6.45, 7) is 6.46. The van der Waals surface area contributed by atoms with E-state index >= 15 is 0 Å². The van der Waals surface area contributed by atoms with Gasteiger partial charge >= 0.3 is 0 Å². The lowest BCUT2D eigenvalue weighted by molar-refractivity contribution is -0.119. The van der Waals surface area contributed by atoms with Crippen molar-refractivity contribution in [2.45, 2.75) is 52.9 Å². The second-order valence-electron chi connectivity index (χ2n) is 5.85. The van der Waals surface area contributed by atoms with E-state index in [1.165, 1.54) is 12.1 Å². The SMILES string of the molecule is CCCCOC(=S)Cc1cc(NC(=O)C(C)CCC)c(F)cc1Cl. The molecular formula is C18H25ClFNO2S. The molecule has 0 aliphatic heterocycles. The largest absolute Gasteiger partial charge is 0.487 e. The molecule has 0 radical (unpaired) electrons. The van der Waals surface area contributed by atoms with Gasteiger partial charge in [0.15, 0.2) is 5.05 Å². The van der Waals surface area contributed by atoms with Crippen molar-refractivity contribution < 1.29 is 13.9 Å². The summed E-state index contributed by atoms with van der Waals surface area (Å²) >= 11 is 11.3. The van der Waals surface area contributed by atoms with Crippen LogP contribution in [0.15, 0.2) is 12.1 Å². The first-order valence-corrected chi connectivity index (χ1v) is 9.12. The Bertz CT molecular complexity index is 580. The number of amides is 1. The molecule has 134 valence electrons. The lowest BCUT2D eigenvalue weighted by Crippen LogP contribution is -2.21. The van der Waals surface area contributed by atoms with E-state index in [4.69, 9.17) is 28.6 Å². The van der Waals surface area contributed by atoms with Gasteiger partial charge in [-0.1, -0.05) is 45.2 Å². The highest BCUT2D eigenvalue weighted by molar-refractivity contribution is 7.80. The van der Waals surface area contributed by atoms with Gasteiger partial charge in [0, 0.05) is 17.4 Å². The normalized spacial score (nSPS) is 11.9. The fourth-order valence-electron chi connectivity index (χ4n) is 2.18. The number of rotatable bonds is 9. The van der Waals surface area contributed by atoms with Crippen molar-refractivity contribution in [2.75, 3.05) is 11.9 Å². The van der Waals surface area contributed by atoms with Gasteiger partial charge in [-0.3, -0.25) is 4.79 Å². The molecule has 0 aliphatic carbocycles. The number of hydrogen-bond donors (Lipinski definition) is 1. The molecule has 0 bridgehead atoms. The smallest absolute Gasteiger partial charge is 0.227 e. The number of hydrogen-bond acceptors (Lipinski definition) is 3. The molecule has 1 atom stereocenters. The van der Waals surface area contributed by atoms with Crippen LogP contribution in [0.3, 0.4) is 0 Å². The third-order valence-corrected chi connectivity index (χ3v) is 4.27. The second kappa shape index (κ2) is 10.6. The average Bonchev–Trinajstić information content (AvgIpc) is 2.52. The van der Waals surface area contributed by atoms with E-state index in [9.17, 15) is 9.18 Å². The molecule has 0 aromatic heterocycles. The molecule has 3 nitrogen and oxygen atoms in total. The molecule has 1 rings (SSSR count). The highest BCUT2D eigenvalue weighted by Crippen LogP contribution is 2.26. The molecule has 0 fully saturated rings. The van der Waals surface area contributed by atoms with Crippen molar-refractivity contribution >= 4 is 40.5 Å². The number of nitrogens with one attached hydrogen (secondary N) is 1. The molecule has 1 aromatic carbocycles. The summed E-state index contributed by atoms with van der Waals surface area (Å²) in [6.07, 6.45) is 3.90. The summed E-state index contributed by atoms with van der Waals surface area (Å²) in [5, 5.41) is 3.31. The van der Waals surface area contributed by atoms with Gasteiger partial charge in [0.05, 0.1) is 12.3 Å². The van der Waals surface area contributed by atoms with Crippen LogP contribution in [-0.4, -0.2) is 17.6 Å². The standard InChI is InChI=1S/C18H25ClFNO2S/c1-4-6-8-23-17(24)10-13-9-16(15(20)11-14(13)19)21-18(22)12(3)7-5-2/h9,11-12H,4-8,10H2,1-3H3,(H,21,22). The fourth-order valence-corrected chi connectivity index (χ4v) is 2.64. The maximum Gasteiger partial charge on any atom is 0.227 e. The molecule has 0 saturated heterocycles. The van der Waals surface area contributed by atoms with Crippen LogP contribution in [0, 0.1) is 11.7 Å². The van der Waals surface area contributed by atoms with Crippen molar-refractivity contribution in [1.82, 2.24) is 0 Å². The summed E-state index contributed by atoms with van der Waals surface area (Å²) in [4.78, 5) is 12.1. The summed E-state index contributed by atoms with van der Waals surface area (Å²) < 4.78 is 19.5. The third kappa shape index (κ3) is 6.73. The van der Waals surface area contributed by atoms with E-state index in [-0.39, 0.29) is 22.5 Å². The molecule has 1 unspecified atom stereocenters. The van der Waals surface area contributed by atoms with E-state index in [1.807, 2.05) is 13.8 Å². The topological polar surface area (TPSA) is 38.3 Å². The average molecular weight is 374 g/mol. The first-order valence-electron chi connectivity index (χ1n) is 8.33. The Hall–Kier alpha value is -1.20. The predicted octanol–water partition coefficient (Wildman–Crippen LogP) is 5.54. The molecule has 6 heteroatoms. The second-order valence-corrected chi connectivity index (χ2v) is 6.72. The zero-order valence-electron chi connectivity index (χ0n) is 14.5. The van der Waals surface area contributed by atoms with Gasteiger partial charge in [-0.25, -0.2) is 4.39 Å². The van der Waals surface area contributed by atoms with Crippen LogP contribution in [0.1, 0.15) is 52.0 Å². The van der Waals surface area contributed by atoms with Gasteiger partial charge in [0.25, 0.3) is 0 Å². The molecule has 0 aliphatic rings. The monoisotopic (exact) mass is 373 g/mol. The number of thiocarbonyl (C=S) groups is 1. The number of anilines is 1. The summed E-state index contributed by atoms with van der Waals surface area (Å²) in [5.74, 6) is -0.934. The Labute approximate surface area is 153 Å². The zero-order chi connectivity index (χ0) is 18.1. The maximum atomic E-state index is 14.1. The van der Waals surface area contributed by atoms with Crippen molar-refractivity contribution in [3.63, 3.8) is 0 Å². The molecule has 1 N–H and O–H groups in total. The Morgan fingerprint density at radius 3 is 2.71 bits per heavy atom. The van der Waals surface area contributed by atoms with Crippen LogP contribution in [0.5, 0.6) is 0 Å². The molecule has 0 heterocycles. The lowest BCUT2D eigenvalue weighted by Gasteiger charge is -2.14. The van der Waals surface area contributed by atoms with Crippen LogP contribution >= 0.6 is 23.8 Å². The number of halogens is 2. The van der Waals surface area contributed by atoms with Crippen molar-refractivity contribution in [3.8, 4) is 0 Å². The Kier molecular flexibility index (Phi) is 9.22. The fraction of sp³-hybridized carbons (Fsp3) is 0.556. The van der Waals surface area contributed by atoms with E-state index in [1.54, 1.807) is 0 Å². The number of carbonyl (C=O) groups excluding carboxylic acids is 1. The van der Waals surface area contributed by atoms with Gasteiger partial charge in [0.1, 0.15) is 5.82 Å². The highest BCUT2D eigenvalue weighted by Gasteiger charge is 2.16. The first-order chi connectivity index (χ1) is 11.4. The van der Waals surface area contributed by atoms with E-state index in [0.29, 0.717) is 23.6 Å². The van der Waals surface area contributed by atoms with Crippen LogP contribution in [0.2, 0.25) is 5.02 Å². The third-order valence-electron chi connectivity index (χ3n) is 3.66. The van der Waals surface area contributed by atoms with Crippen molar-refractivity contribution in [2.24, 2.45) is 5.92 Å². The number of carbonyl (C=O) groups is 1. The van der Waals surface area contributed by atoms with Crippen LogP contribution in [0.25, 0.3) is 0 Å². The van der Waals surface area contributed by atoms with Gasteiger partial charge in [-0.15, -0.1) is 0 Å². The van der Waals surface area contributed by atoms with E-state index in [2.05, 4.69) is 12.2 Å². The Morgan fingerprint density at radius 1 is 1.38 bits per heavy atom. The number of benzene rings is 1. The molecule has 24 heavy (non-hydrogen) atoms. The summed E-state index contributed by atoms with van der Waals surface area (Å²) in [7, 11) is 0. The van der Waals surface area contributed by atoms with Crippen LogP contribution in [-0.2, 0) is 16.0 Å². The molecule has 1 amide bonds. The molecular weight excluding hydrogens is 349 g/mol. The summed E-state index contributed by atoms with van der Waals surface area (Å²) in [5.41, 5.74) is 0.761. The quantitative estimate of drug-likeness (QED) is 0.456. The zero-order valence-corrected chi connectivity index (χ0v) is 16.0.